The lowest BCUT2D eigenvalue weighted by molar-refractivity contribution is 0.0686. The number of carboxylic acids is 2. The summed E-state index contributed by atoms with van der Waals surface area (Å²) in [4.78, 5) is 20.4. The third-order valence-electron chi connectivity index (χ3n) is 2.27. The van der Waals surface area contributed by atoms with Crippen molar-refractivity contribution in [1.29, 1.82) is 0 Å². The Balaban J connectivity index is 0.000000326. The van der Waals surface area contributed by atoms with Crippen LogP contribution in [-0.2, 0) is 0 Å². The van der Waals surface area contributed by atoms with Crippen LogP contribution < -0.4 is 0 Å². The minimum atomic E-state index is -0.879. The zero-order chi connectivity index (χ0) is 16.8. The van der Waals surface area contributed by atoms with Crippen molar-refractivity contribution in [3.8, 4) is 0 Å². The number of carbonyl (C=O) groups is 2. The van der Waals surface area contributed by atoms with Gasteiger partial charge in [0, 0.05) is 6.61 Å². The highest BCUT2D eigenvalue weighted by Gasteiger charge is 1.97. The van der Waals surface area contributed by atoms with Crippen LogP contribution >= 0.6 is 0 Å². The monoisotopic (exact) mass is 304 g/mol. The van der Waals surface area contributed by atoms with Gasteiger partial charge < -0.3 is 15.3 Å². The van der Waals surface area contributed by atoms with Crippen molar-refractivity contribution >= 4 is 11.9 Å². The molecule has 0 aromatic heterocycles. The molecule has 2 rings (SSSR count). The van der Waals surface area contributed by atoms with E-state index in [1.165, 1.54) is 0 Å². The molecule has 0 aliphatic heterocycles. The van der Waals surface area contributed by atoms with Crippen molar-refractivity contribution in [2.45, 2.75) is 13.3 Å². The highest BCUT2D eigenvalue weighted by atomic mass is 16.4. The van der Waals surface area contributed by atoms with E-state index < -0.39 is 11.9 Å². The van der Waals surface area contributed by atoms with E-state index in [4.69, 9.17) is 15.3 Å². The van der Waals surface area contributed by atoms with Crippen LogP contribution in [0.3, 0.4) is 0 Å². The van der Waals surface area contributed by atoms with Crippen molar-refractivity contribution in [2.75, 3.05) is 6.61 Å². The maximum Gasteiger partial charge on any atom is 0.335 e. The van der Waals surface area contributed by atoms with Gasteiger partial charge in [-0.3, -0.25) is 0 Å². The lowest BCUT2D eigenvalue weighted by Gasteiger charge is -1.88. The highest BCUT2D eigenvalue weighted by molar-refractivity contribution is 5.87. The summed E-state index contributed by atoms with van der Waals surface area (Å²) in [5.74, 6) is -1.76. The molecule has 118 valence electrons. The fourth-order valence-corrected chi connectivity index (χ4v) is 1.16. The molecule has 0 heterocycles. The number of carboxylic acid groups (broad SMARTS) is 2. The average Bonchev–Trinajstić information content (AvgIpc) is 2.57. The number of benzene rings is 2. The number of aliphatic hydroxyl groups excluding tert-OH is 1. The van der Waals surface area contributed by atoms with Gasteiger partial charge in [0.2, 0.25) is 0 Å². The first-order chi connectivity index (χ1) is 10.5. The summed E-state index contributed by atoms with van der Waals surface area (Å²) in [6.07, 6.45) is 0.875. The van der Waals surface area contributed by atoms with Gasteiger partial charge in [-0.1, -0.05) is 43.3 Å². The Kier molecular flexibility index (Phi) is 10.6. The Hall–Kier alpha value is -2.66. The molecule has 3 N–H and O–H groups in total. The van der Waals surface area contributed by atoms with Gasteiger partial charge in [-0.25, -0.2) is 9.59 Å². The summed E-state index contributed by atoms with van der Waals surface area (Å²) in [7, 11) is 0. The summed E-state index contributed by atoms with van der Waals surface area (Å²) in [5, 5.41) is 24.6. The van der Waals surface area contributed by atoms with E-state index in [0.717, 1.165) is 6.42 Å². The smallest absolute Gasteiger partial charge is 0.335 e. The number of hydrogen-bond donors (Lipinski definition) is 3. The Morgan fingerprint density at radius 3 is 1.18 bits per heavy atom. The molecule has 0 bridgehead atoms. The minimum Gasteiger partial charge on any atom is -0.478 e. The summed E-state index contributed by atoms with van der Waals surface area (Å²) in [6.45, 7) is 2.25. The number of aromatic carboxylic acids is 2. The third kappa shape index (κ3) is 9.28. The van der Waals surface area contributed by atoms with Gasteiger partial charge in [0.1, 0.15) is 0 Å². The van der Waals surface area contributed by atoms with Crippen LogP contribution in [0.15, 0.2) is 60.7 Å². The summed E-state index contributed by atoms with van der Waals surface area (Å²) < 4.78 is 0. The van der Waals surface area contributed by atoms with E-state index in [1.807, 2.05) is 6.92 Å². The molecule has 0 saturated heterocycles. The first-order valence-corrected chi connectivity index (χ1v) is 6.70. The number of aliphatic hydroxyl groups is 1. The van der Waals surface area contributed by atoms with E-state index in [-0.39, 0.29) is 0 Å². The van der Waals surface area contributed by atoms with E-state index in [0.29, 0.717) is 17.7 Å². The molecule has 5 nitrogen and oxygen atoms in total. The SMILES string of the molecule is CCCO.O=C(O)c1ccccc1.O=C(O)c1ccccc1. The van der Waals surface area contributed by atoms with Crippen LogP contribution in [0.2, 0.25) is 0 Å². The molecule has 0 radical (unpaired) electrons. The van der Waals surface area contributed by atoms with Gasteiger partial charge in [-0.2, -0.15) is 0 Å². The second-order valence-corrected chi connectivity index (χ2v) is 4.07. The Morgan fingerprint density at radius 1 is 0.773 bits per heavy atom. The molecule has 0 unspecified atom stereocenters. The van der Waals surface area contributed by atoms with Crippen LogP contribution in [0, 0.1) is 0 Å². The summed E-state index contributed by atoms with van der Waals surface area (Å²) >= 11 is 0. The predicted octanol–water partition coefficient (Wildman–Crippen LogP) is 3.16. The normalized spacial score (nSPS) is 8.64. The lowest BCUT2D eigenvalue weighted by Crippen LogP contribution is -1.93. The van der Waals surface area contributed by atoms with Crippen molar-refractivity contribution in [3.63, 3.8) is 0 Å². The van der Waals surface area contributed by atoms with Gasteiger partial charge in [-0.05, 0) is 30.7 Å². The van der Waals surface area contributed by atoms with Gasteiger partial charge >= 0.3 is 11.9 Å². The first-order valence-electron chi connectivity index (χ1n) is 6.70. The number of rotatable bonds is 3. The average molecular weight is 304 g/mol. The van der Waals surface area contributed by atoms with E-state index in [1.54, 1.807) is 60.7 Å². The van der Waals surface area contributed by atoms with Crippen molar-refractivity contribution in [1.82, 2.24) is 0 Å². The predicted molar refractivity (Wildman–Crippen MR) is 84.2 cm³/mol. The van der Waals surface area contributed by atoms with Crippen LogP contribution in [0.4, 0.5) is 0 Å². The van der Waals surface area contributed by atoms with Gasteiger partial charge in [0.05, 0.1) is 11.1 Å². The van der Waals surface area contributed by atoms with Gasteiger partial charge in [0.25, 0.3) is 0 Å². The maximum atomic E-state index is 10.2. The van der Waals surface area contributed by atoms with Crippen LogP contribution in [-0.4, -0.2) is 33.9 Å². The topological polar surface area (TPSA) is 94.8 Å². The lowest BCUT2D eigenvalue weighted by atomic mass is 10.2. The molecule has 2 aromatic carbocycles. The molecule has 22 heavy (non-hydrogen) atoms. The van der Waals surface area contributed by atoms with E-state index >= 15 is 0 Å². The fourth-order valence-electron chi connectivity index (χ4n) is 1.16. The molecule has 0 amide bonds. The standard InChI is InChI=1S/2C7H6O2.C3H8O/c2*8-7(9)6-4-2-1-3-5-6;1-2-3-4/h2*1-5H,(H,8,9);4H,2-3H2,1H3. The zero-order valence-electron chi connectivity index (χ0n) is 12.3. The molecule has 0 aliphatic carbocycles. The second kappa shape index (κ2) is 12.1. The van der Waals surface area contributed by atoms with Crippen molar-refractivity contribution in [3.05, 3.63) is 71.8 Å². The summed E-state index contributed by atoms with van der Waals surface area (Å²) in [6, 6.07) is 16.6. The fraction of sp³-hybridized carbons (Fsp3) is 0.176. The van der Waals surface area contributed by atoms with Gasteiger partial charge in [0.15, 0.2) is 0 Å². The van der Waals surface area contributed by atoms with E-state index in [2.05, 4.69) is 0 Å². The first kappa shape index (κ1) is 19.3. The van der Waals surface area contributed by atoms with Crippen molar-refractivity contribution < 1.29 is 24.9 Å². The molecule has 0 saturated carbocycles. The van der Waals surface area contributed by atoms with Crippen LogP contribution in [0.25, 0.3) is 0 Å². The molecule has 0 aliphatic rings. The quantitative estimate of drug-likeness (QED) is 0.809. The largest absolute Gasteiger partial charge is 0.478 e. The molecular weight excluding hydrogens is 284 g/mol. The maximum absolute atomic E-state index is 10.2. The second-order valence-electron chi connectivity index (χ2n) is 4.07. The number of hydrogen-bond acceptors (Lipinski definition) is 3. The van der Waals surface area contributed by atoms with Crippen LogP contribution in [0.1, 0.15) is 34.1 Å². The molecule has 0 fully saturated rings. The Labute approximate surface area is 129 Å². The molecule has 2 aromatic rings. The van der Waals surface area contributed by atoms with Crippen molar-refractivity contribution in [2.24, 2.45) is 0 Å². The zero-order valence-corrected chi connectivity index (χ0v) is 12.3. The highest BCUT2D eigenvalue weighted by Crippen LogP contribution is 1.96. The Bertz CT molecular complexity index is 486. The molecular formula is C17H20O5. The minimum absolute atomic E-state index is 0.319. The Morgan fingerprint density at radius 2 is 1.05 bits per heavy atom. The molecule has 0 spiro atoms. The third-order valence-corrected chi connectivity index (χ3v) is 2.27. The summed E-state index contributed by atoms with van der Waals surface area (Å²) in [5.41, 5.74) is 0.662. The molecule has 0 atom stereocenters. The van der Waals surface area contributed by atoms with E-state index in [9.17, 15) is 9.59 Å². The van der Waals surface area contributed by atoms with Crippen LogP contribution in [0.5, 0.6) is 0 Å². The van der Waals surface area contributed by atoms with Gasteiger partial charge in [-0.15, -0.1) is 0 Å². The molecule has 5 heteroatoms.